The lowest BCUT2D eigenvalue weighted by atomic mass is 10.1. The Bertz CT molecular complexity index is 2460. The Morgan fingerprint density at radius 2 is 1.06 bits per heavy atom. The molecule has 2 saturated heterocycles. The maximum Gasteiger partial charge on any atom is 0.314 e. The fourth-order valence-electron chi connectivity index (χ4n) is 8.02. The molecule has 2 N–H and O–H groups in total. The predicted octanol–water partition coefficient (Wildman–Crippen LogP) is 7.92. The van der Waals surface area contributed by atoms with Gasteiger partial charge in [0.25, 0.3) is 5.89 Å². The molecule has 0 atom stereocenters. The maximum atomic E-state index is 13.7. The summed E-state index contributed by atoms with van der Waals surface area (Å²) in [5, 5.41) is 6.15. The largest absolute Gasteiger partial charge is 0.415 e. The van der Waals surface area contributed by atoms with Crippen molar-refractivity contribution in [3.63, 3.8) is 0 Å². The monoisotopic (exact) mass is 919 g/mol. The normalized spacial score (nSPS) is 15.9. The number of nitrogens with two attached hydrogens (primary N) is 1. The van der Waals surface area contributed by atoms with E-state index in [4.69, 9.17) is 10.2 Å². The van der Waals surface area contributed by atoms with Crippen molar-refractivity contribution in [2.45, 2.75) is 95.5 Å². The van der Waals surface area contributed by atoms with Crippen LogP contribution in [-0.2, 0) is 33.1 Å². The van der Waals surface area contributed by atoms with Crippen LogP contribution in [0, 0.1) is 0 Å². The summed E-state index contributed by atoms with van der Waals surface area (Å²) in [7, 11) is -7.15. The van der Waals surface area contributed by atoms with Crippen LogP contribution in [0.3, 0.4) is 0 Å². The summed E-state index contributed by atoms with van der Waals surface area (Å²) in [4.78, 5) is 16.4. The number of hydrogen-bond donors (Lipinski definition) is 1. The van der Waals surface area contributed by atoms with Gasteiger partial charge in [-0.15, -0.1) is 10.2 Å². The molecule has 2 aliphatic rings. The molecule has 1 aromatic heterocycles. The van der Waals surface area contributed by atoms with Crippen molar-refractivity contribution in [1.82, 2.24) is 20.0 Å². The van der Waals surface area contributed by atoms with Gasteiger partial charge in [0.05, 0.1) is 41.5 Å². The van der Waals surface area contributed by atoms with E-state index < -0.39 is 42.9 Å². The smallest absolute Gasteiger partial charge is 0.314 e. The fourth-order valence-corrected chi connectivity index (χ4v) is 11.8. The molecule has 7 rings (SSSR count). The molecule has 2 fully saturated rings. The first-order valence-electron chi connectivity index (χ1n) is 21.7. The van der Waals surface area contributed by atoms with Gasteiger partial charge < -0.3 is 20.0 Å². The quantitative estimate of drug-likeness (QED) is 0.0957. The van der Waals surface area contributed by atoms with Crippen molar-refractivity contribution in [1.29, 1.82) is 0 Å². The van der Waals surface area contributed by atoms with Gasteiger partial charge in [0.2, 0.25) is 25.9 Å². The van der Waals surface area contributed by atoms with Crippen LogP contribution >= 0.6 is 0 Å². The first-order chi connectivity index (χ1) is 30.6. The van der Waals surface area contributed by atoms with Gasteiger partial charge in [0.15, 0.2) is 5.78 Å². The minimum absolute atomic E-state index is 0.00806. The van der Waals surface area contributed by atoms with Gasteiger partial charge >= 0.3 is 6.43 Å². The number of anilines is 2. The number of nitrogens with zero attached hydrogens (tertiary/aromatic N) is 6. The molecular weight excluding hydrogens is 861 g/mol. The van der Waals surface area contributed by atoms with Gasteiger partial charge in [-0.1, -0.05) is 72.8 Å². The first-order valence-corrected chi connectivity index (χ1v) is 24.7. The number of sulfonamides is 2. The van der Waals surface area contributed by atoms with Crippen molar-refractivity contribution in [3.05, 3.63) is 132 Å². The van der Waals surface area contributed by atoms with Crippen molar-refractivity contribution in [3.8, 4) is 11.5 Å². The van der Waals surface area contributed by atoms with E-state index in [2.05, 4.69) is 47.7 Å². The number of ketones is 1. The zero-order chi connectivity index (χ0) is 46.0. The molecule has 2 aliphatic heterocycles. The lowest BCUT2D eigenvalue weighted by Gasteiger charge is -2.37. The van der Waals surface area contributed by atoms with Crippen LogP contribution in [-0.4, -0.2) is 97.9 Å². The number of carbonyl (C=O) groups excluding carboxylic acids is 1. The molecule has 0 saturated carbocycles. The second kappa shape index (κ2) is 21.7. The molecule has 0 aliphatic carbocycles. The number of piperidine rings is 2. The van der Waals surface area contributed by atoms with Gasteiger partial charge in [-0.05, 0) is 127 Å². The predicted molar refractivity (Wildman–Crippen MR) is 247 cm³/mol. The van der Waals surface area contributed by atoms with Gasteiger partial charge in [0.1, 0.15) is 0 Å². The number of rotatable bonds is 16. The highest BCUT2D eigenvalue weighted by molar-refractivity contribution is 7.93. The van der Waals surface area contributed by atoms with E-state index in [1.165, 1.54) is 8.61 Å². The van der Waals surface area contributed by atoms with E-state index >= 15 is 0 Å². The van der Waals surface area contributed by atoms with E-state index in [1.807, 2.05) is 48.5 Å². The Hall–Kier alpha value is -5.07. The molecular formula is C47H59F2N7O6S2. The highest BCUT2D eigenvalue weighted by atomic mass is 32.2. The van der Waals surface area contributed by atoms with Crippen LogP contribution in [0.2, 0.25) is 0 Å². The van der Waals surface area contributed by atoms with Gasteiger partial charge in [-0.2, -0.15) is 8.78 Å². The third kappa shape index (κ3) is 12.0. The van der Waals surface area contributed by atoms with Crippen molar-refractivity contribution in [2.75, 3.05) is 41.3 Å². The van der Waals surface area contributed by atoms with Crippen LogP contribution in [0.1, 0.15) is 87.2 Å². The molecule has 0 radical (unpaired) electrons. The zero-order valence-corrected chi connectivity index (χ0v) is 38.5. The average molecular weight is 920 g/mol. The van der Waals surface area contributed by atoms with Crippen LogP contribution in [0.25, 0.3) is 11.5 Å². The summed E-state index contributed by atoms with van der Waals surface area (Å²) in [6, 6.07) is 32.9. The Labute approximate surface area is 376 Å². The Kier molecular flexibility index (Phi) is 16.4. The third-order valence-corrected chi connectivity index (χ3v) is 16.4. The number of alkyl halides is 2. The van der Waals surface area contributed by atoms with Crippen LogP contribution in [0.5, 0.6) is 0 Å². The molecule has 13 nitrogen and oxygen atoms in total. The molecule has 4 aromatic carbocycles. The van der Waals surface area contributed by atoms with Crippen LogP contribution in [0.4, 0.5) is 20.2 Å². The Morgan fingerprint density at radius 1 is 0.656 bits per heavy atom. The molecule has 17 heteroatoms. The molecule has 0 amide bonds. The molecule has 0 spiro atoms. The third-order valence-electron chi connectivity index (χ3n) is 11.9. The standard InChI is InChI=1S/C24H28F2N4O3S.C23H31N3O3S/c1-17(2)29-14-12-21(13-15-29)34(31,32)30(20-6-4-3-5-7-20)16-18-8-10-19(11-9-18)23-27-28-24(33-23)22(25)26;1-18(2)25-14-12-22(13-15-25)30(28,29)26(21-6-4-3-5-7-21)17-19-8-10-20(11-9-19)23(27)16-24/h3-11,17,21-22H,12-16H2,1-2H3;3-11,18,22H,12-17,24H2,1-2H3. The first kappa shape index (κ1) is 48.4. The van der Waals surface area contributed by atoms with Gasteiger partial charge in [0, 0.05) is 23.2 Å². The van der Waals surface area contributed by atoms with Crippen molar-refractivity contribution >= 4 is 37.2 Å². The van der Waals surface area contributed by atoms with E-state index in [0.717, 1.165) is 37.3 Å². The zero-order valence-electron chi connectivity index (χ0n) is 36.8. The fraction of sp³-hybridized carbons (Fsp3) is 0.426. The van der Waals surface area contributed by atoms with E-state index in [-0.39, 0.29) is 31.3 Å². The topological polar surface area (TPSA) is 163 Å². The molecule has 3 heterocycles. The van der Waals surface area contributed by atoms with E-state index in [1.54, 1.807) is 60.7 Å². The highest BCUT2D eigenvalue weighted by Gasteiger charge is 2.37. The molecule has 344 valence electrons. The number of halogens is 2. The highest BCUT2D eigenvalue weighted by Crippen LogP contribution is 2.31. The number of benzene rings is 4. The molecule has 0 unspecified atom stereocenters. The minimum Gasteiger partial charge on any atom is -0.415 e. The lowest BCUT2D eigenvalue weighted by Crippen LogP contribution is -2.47. The summed E-state index contributed by atoms with van der Waals surface area (Å²) in [6.45, 7) is 12.0. The summed E-state index contributed by atoms with van der Waals surface area (Å²) in [5.41, 5.74) is 9.30. The van der Waals surface area contributed by atoms with Crippen molar-refractivity contribution < 1.29 is 34.8 Å². The summed E-state index contributed by atoms with van der Waals surface area (Å²) < 4.78 is 88.1. The van der Waals surface area contributed by atoms with E-state index in [0.29, 0.717) is 60.3 Å². The number of aromatic nitrogens is 2. The second-order valence-corrected chi connectivity index (χ2v) is 21.0. The number of para-hydroxylation sites is 2. The van der Waals surface area contributed by atoms with Crippen molar-refractivity contribution in [2.24, 2.45) is 5.73 Å². The van der Waals surface area contributed by atoms with E-state index in [9.17, 15) is 30.4 Å². The summed E-state index contributed by atoms with van der Waals surface area (Å²) >= 11 is 0. The minimum atomic E-state index is -3.61. The summed E-state index contributed by atoms with van der Waals surface area (Å²) in [6.07, 6.45) is -0.391. The lowest BCUT2D eigenvalue weighted by molar-refractivity contribution is 0.100. The van der Waals surface area contributed by atoms with Crippen LogP contribution in [0.15, 0.2) is 114 Å². The molecule has 0 bridgehead atoms. The Balaban J connectivity index is 0.000000214. The number of carbonyl (C=O) groups is 1. The number of likely N-dealkylation sites (tertiary alicyclic amines) is 2. The number of hydrogen-bond acceptors (Lipinski definition) is 11. The second-order valence-electron chi connectivity index (χ2n) is 16.7. The van der Waals surface area contributed by atoms with Crippen LogP contribution < -0.4 is 14.3 Å². The SMILES string of the molecule is CC(C)N1CCC(S(=O)(=O)N(Cc2ccc(-c3nnc(C(F)F)o3)cc2)c2ccccc2)CC1.CC(C)N1CCC(S(=O)(=O)N(Cc2ccc(C(=O)CN)cc2)c2ccccc2)CC1. The average Bonchev–Trinajstić information content (AvgIpc) is 3.82. The summed E-state index contributed by atoms with van der Waals surface area (Å²) in [5.74, 6) is -0.874. The Morgan fingerprint density at radius 3 is 1.42 bits per heavy atom. The number of Topliss-reactive ketones (excluding diaryl/α,β-unsaturated/α-hetero) is 1. The molecule has 5 aromatic rings. The van der Waals surface area contributed by atoms with Gasteiger partial charge in [-0.3, -0.25) is 13.4 Å². The van der Waals surface area contributed by atoms with Gasteiger partial charge in [-0.25, -0.2) is 16.8 Å². The molecule has 64 heavy (non-hydrogen) atoms. The maximum absolute atomic E-state index is 13.7.